The van der Waals surface area contributed by atoms with E-state index in [0.717, 1.165) is 57.8 Å². The fourth-order valence-electron chi connectivity index (χ4n) is 4.00. The molecule has 0 radical (unpaired) electrons. The number of hydrogen-bond donors (Lipinski definition) is 3. The molecule has 0 aromatic carbocycles. The number of hydrogen-bond acceptors (Lipinski definition) is 5. The molecule has 6 nitrogen and oxygen atoms in total. The molecule has 1 fully saturated rings. The normalized spacial score (nSPS) is 18.5. The van der Waals surface area contributed by atoms with E-state index < -0.39 is 17.5 Å². The van der Waals surface area contributed by atoms with Gasteiger partial charge in [0, 0.05) is 6.61 Å². The van der Waals surface area contributed by atoms with Gasteiger partial charge in [0.15, 0.2) is 0 Å². The zero-order valence-electron chi connectivity index (χ0n) is 17.0. The van der Waals surface area contributed by atoms with Gasteiger partial charge >= 0.3 is 11.9 Å². The number of ether oxygens (including phenoxy) is 1. The molecule has 0 bridgehead atoms. The number of rotatable bonds is 14. The summed E-state index contributed by atoms with van der Waals surface area (Å²) < 4.78 is 4.57. The van der Waals surface area contributed by atoms with Crippen LogP contribution in [0.5, 0.6) is 0 Å². The number of carbonyl (C=O) groups excluding carboxylic acids is 1. The second-order valence-corrected chi connectivity index (χ2v) is 7.55. The van der Waals surface area contributed by atoms with E-state index >= 15 is 0 Å². The molecule has 0 spiro atoms. The quantitative estimate of drug-likeness (QED) is 0.235. The molecule has 3 N–H and O–H groups in total. The standard InChI is InChI=1S/C22H36O6/c1-28-20(25)15-9-8-14-19(24)22(21(26)27,18-12-6-7-13-18)16-10-4-2-3-5-11-17-23/h8-10,16,18-19,23-24H,2-7,11-15,17H2,1H3,(H,26,27)/b9-8+,16-10-/t19-,22-/m1/s1. The lowest BCUT2D eigenvalue weighted by Gasteiger charge is -2.36. The Morgan fingerprint density at radius 1 is 1.11 bits per heavy atom. The van der Waals surface area contributed by atoms with Crippen molar-refractivity contribution in [3.63, 3.8) is 0 Å². The minimum Gasteiger partial charge on any atom is -0.481 e. The summed E-state index contributed by atoms with van der Waals surface area (Å²) in [6.45, 7) is 0.204. The topological polar surface area (TPSA) is 104 Å². The molecular weight excluding hydrogens is 360 g/mol. The van der Waals surface area contributed by atoms with Crippen LogP contribution < -0.4 is 0 Å². The van der Waals surface area contributed by atoms with Crippen molar-refractivity contribution in [2.24, 2.45) is 11.3 Å². The minimum atomic E-state index is -1.29. The molecule has 0 aliphatic heterocycles. The molecule has 6 heteroatoms. The molecule has 2 atom stereocenters. The van der Waals surface area contributed by atoms with Crippen LogP contribution in [0.3, 0.4) is 0 Å². The Bertz CT molecular complexity index is 521. The second kappa shape index (κ2) is 13.5. The van der Waals surface area contributed by atoms with Crippen molar-refractivity contribution in [2.75, 3.05) is 13.7 Å². The van der Waals surface area contributed by atoms with Crippen molar-refractivity contribution in [1.29, 1.82) is 0 Å². The molecular formula is C22H36O6. The maximum atomic E-state index is 12.3. The predicted molar refractivity (Wildman–Crippen MR) is 108 cm³/mol. The molecule has 0 saturated heterocycles. The van der Waals surface area contributed by atoms with E-state index in [-0.39, 0.29) is 31.3 Å². The highest BCUT2D eigenvalue weighted by atomic mass is 16.5. The van der Waals surface area contributed by atoms with Crippen LogP contribution in [-0.2, 0) is 14.3 Å². The Morgan fingerprint density at radius 3 is 2.39 bits per heavy atom. The molecule has 160 valence electrons. The number of carboxylic acids is 1. The monoisotopic (exact) mass is 396 g/mol. The number of unbranched alkanes of at least 4 members (excludes halogenated alkanes) is 4. The average molecular weight is 397 g/mol. The van der Waals surface area contributed by atoms with Crippen LogP contribution in [0.25, 0.3) is 0 Å². The maximum absolute atomic E-state index is 12.3. The van der Waals surface area contributed by atoms with Crippen molar-refractivity contribution in [3.05, 3.63) is 24.3 Å². The van der Waals surface area contributed by atoms with Crippen LogP contribution in [0.15, 0.2) is 24.3 Å². The highest BCUT2D eigenvalue weighted by Gasteiger charge is 2.49. The van der Waals surface area contributed by atoms with Gasteiger partial charge in [-0.25, -0.2) is 0 Å². The van der Waals surface area contributed by atoms with E-state index in [1.807, 2.05) is 6.08 Å². The number of allylic oxidation sites excluding steroid dienone is 1. The lowest BCUT2D eigenvalue weighted by Crippen LogP contribution is -2.46. The van der Waals surface area contributed by atoms with E-state index in [1.54, 1.807) is 18.2 Å². The fraction of sp³-hybridized carbons (Fsp3) is 0.727. The number of esters is 1. The van der Waals surface area contributed by atoms with Gasteiger partial charge in [-0.15, -0.1) is 0 Å². The highest BCUT2D eigenvalue weighted by Crippen LogP contribution is 2.45. The molecule has 0 amide bonds. The second-order valence-electron chi connectivity index (χ2n) is 7.55. The summed E-state index contributed by atoms with van der Waals surface area (Å²) in [5.74, 6) is -1.43. The van der Waals surface area contributed by atoms with E-state index in [1.165, 1.54) is 7.11 Å². The first-order valence-electron chi connectivity index (χ1n) is 10.4. The van der Waals surface area contributed by atoms with Gasteiger partial charge in [-0.05, 0) is 44.4 Å². The summed E-state index contributed by atoms with van der Waals surface area (Å²) in [6.07, 6.45) is 14.2. The van der Waals surface area contributed by atoms with Gasteiger partial charge in [0.05, 0.1) is 19.6 Å². The van der Waals surface area contributed by atoms with Crippen LogP contribution in [0.1, 0.15) is 70.6 Å². The van der Waals surface area contributed by atoms with E-state index in [2.05, 4.69) is 4.74 Å². The molecule has 1 aliphatic rings. The van der Waals surface area contributed by atoms with E-state index in [0.29, 0.717) is 0 Å². The fourth-order valence-corrected chi connectivity index (χ4v) is 4.00. The van der Waals surface area contributed by atoms with Gasteiger partial charge < -0.3 is 20.1 Å². The molecule has 0 unspecified atom stereocenters. The third-order valence-electron chi connectivity index (χ3n) is 5.66. The van der Waals surface area contributed by atoms with Gasteiger partial charge in [-0.2, -0.15) is 0 Å². The summed E-state index contributed by atoms with van der Waals surface area (Å²) in [7, 11) is 1.31. The summed E-state index contributed by atoms with van der Waals surface area (Å²) >= 11 is 0. The Labute approximate surface area is 168 Å². The number of methoxy groups -OCH3 is 1. The van der Waals surface area contributed by atoms with Crippen molar-refractivity contribution in [2.45, 2.75) is 76.7 Å². The van der Waals surface area contributed by atoms with Gasteiger partial charge in [0.25, 0.3) is 0 Å². The van der Waals surface area contributed by atoms with Crippen molar-refractivity contribution >= 4 is 11.9 Å². The Kier molecular flexibility index (Phi) is 11.8. The molecule has 1 saturated carbocycles. The smallest absolute Gasteiger partial charge is 0.316 e. The van der Waals surface area contributed by atoms with Crippen molar-refractivity contribution in [1.82, 2.24) is 0 Å². The Morgan fingerprint density at radius 2 is 1.79 bits per heavy atom. The summed E-state index contributed by atoms with van der Waals surface area (Å²) in [6, 6.07) is 0. The maximum Gasteiger partial charge on any atom is 0.316 e. The third-order valence-corrected chi connectivity index (χ3v) is 5.66. The molecule has 1 aliphatic carbocycles. The average Bonchev–Trinajstić information content (AvgIpc) is 3.21. The number of aliphatic carboxylic acids is 1. The van der Waals surface area contributed by atoms with Crippen LogP contribution in [0.4, 0.5) is 0 Å². The Balaban J connectivity index is 2.81. The third kappa shape index (κ3) is 7.40. The van der Waals surface area contributed by atoms with Gasteiger partial charge in [0.2, 0.25) is 0 Å². The van der Waals surface area contributed by atoms with Gasteiger partial charge in [0.1, 0.15) is 5.41 Å². The first-order chi connectivity index (χ1) is 13.5. The number of carboxylic acid groups (broad SMARTS) is 1. The van der Waals surface area contributed by atoms with Crippen LogP contribution in [0.2, 0.25) is 0 Å². The van der Waals surface area contributed by atoms with Crippen LogP contribution in [0, 0.1) is 11.3 Å². The first kappa shape index (κ1) is 24.4. The van der Waals surface area contributed by atoms with Gasteiger partial charge in [-0.3, -0.25) is 9.59 Å². The first-order valence-corrected chi connectivity index (χ1v) is 10.4. The summed E-state index contributed by atoms with van der Waals surface area (Å²) in [4.78, 5) is 23.5. The predicted octanol–water partition coefficient (Wildman–Crippen LogP) is 3.62. The zero-order valence-corrected chi connectivity index (χ0v) is 17.0. The number of aliphatic hydroxyl groups is 2. The molecule has 0 heterocycles. The highest BCUT2D eigenvalue weighted by molar-refractivity contribution is 5.78. The van der Waals surface area contributed by atoms with Gasteiger partial charge in [-0.1, -0.05) is 50.0 Å². The Hall–Kier alpha value is -1.66. The molecule has 28 heavy (non-hydrogen) atoms. The molecule has 0 aromatic rings. The van der Waals surface area contributed by atoms with E-state index in [4.69, 9.17) is 5.11 Å². The summed E-state index contributed by atoms with van der Waals surface area (Å²) in [5, 5.41) is 29.7. The van der Waals surface area contributed by atoms with Crippen molar-refractivity contribution in [3.8, 4) is 0 Å². The lowest BCUT2D eigenvalue weighted by atomic mass is 9.68. The van der Waals surface area contributed by atoms with Crippen LogP contribution in [-0.4, -0.2) is 47.1 Å². The largest absolute Gasteiger partial charge is 0.481 e. The van der Waals surface area contributed by atoms with Crippen LogP contribution >= 0.6 is 0 Å². The number of carbonyl (C=O) groups is 2. The summed E-state index contributed by atoms with van der Waals surface area (Å²) in [5.41, 5.74) is -1.29. The van der Waals surface area contributed by atoms with E-state index in [9.17, 15) is 19.8 Å². The molecule has 0 aromatic heterocycles. The minimum absolute atomic E-state index is 0.0837. The molecule has 1 rings (SSSR count). The lowest BCUT2D eigenvalue weighted by molar-refractivity contribution is -0.156. The zero-order chi connectivity index (χ0) is 20.8. The number of aliphatic hydroxyl groups excluding tert-OH is 2. The SMILES string of the molecule is COC(=O)C/C=C/C[C@@H](O)[C@](/C=C\CCCCCCO)(C(=O)O)C1CCCC1. The van der Waals surface area contributed by atoms with Crippen molar-refractivity contribution < 1.29 is 29.6 Å².